The van der Waals surface area contributed by atoms with Gasteiger partial charge in [-0.1, -0.05) is 0 Å². The van der Waals surface area contributed by atoms with Crippen LogP contribution in [0.2, 0.25) is 0 Å². The predicted octanol–water partition coefficient (Wildman–Crippen LogP) is 3.97. The second-order valence-electron chi connectivity index (χ2n) is 2.29. The number of allylic oxidation sites excluding steroid dienone is 2. The fourth-order valence-corrected chi connectivity index (χ4v) is 4.95. The second kappa shape index (κ2) is 4.39. The summed E-state index contributed by atoms with van der Waals surface area (Å²) < 4.78 is 1.28. The van der Waals surface area contributed by atoms with E-state index >= 15 is 0 Å². The zero-order valence-electron chi connectivity index (χ0n) is 7.08. The van der Waals surface area contributed by atoms with Crippen LogP contribution < -0.4 is 0 Å². The monoisotopic (exact) mass is 219 g/mol. The number of nitrogens with zero attached hydrogens (tertiary/aromatic N) is 1. The van der Waals surface area contributed by atoms with Crippen molar-refractivity contribution in [2.45, 2.75) is 13.8 Å². The molecule has 0 bridgehead atoms. The minimum Gasteiger partial charge on any atom is -0.145 e. The van der Waals surface area contributed by atoms with E-state index in [0.29, 0.717) is 5.70 Å². The van der Waals surface area contributed by atoms with Crippen LogP contribution in [-0.2, 0) is 0 Å². The van der Waals surface area contributed by atoms with Crippen molar-refractivity contribution in [2.24, 2.45) is 5.18 Å². The lowest BCUT2D eigenvalue weighted by Gasteiger charge is -1.96. The summed E-state index contributed by atoms with van der Waals surface area (Å²) in [7, 11) is 3.33. The van der Waals surface area contributed by atoms with E-state index in [4.69, 9.17) is 0 Å². The number of hydrogen-bond acceptors (Lipinski definition) is 5. The SMILES string of the molecule is CSC1=C(C)/C(=C(\C)N=O)SS1. The molecule has 0 unspecified atom stereocenters. The van der Waals surface area contributed by atoms with Gasteiger partial charge in [-0.15, -0.1) is 16.7 Å². The summed E-state index contributed by atoms with van der Waals surface area (Å²) in [5, 5.41) is 2.94. The van der Waals surface area contributed by atoms with Gasteiger partial charge >= 0.3 is 0 Å². The van der Waals surface area contributed by atoms with E-state index in [9.17, 15) is 4.91 Å². The van der Waals surface area contributed by atoms with Gasteiger partial charge in [-0.05, 0) is 52.4 Å². The van der Waals surface area contributed by atoms with E-state index < -0.39 is 0 Å². The van der Waals surface area contributed by atoms with Crippen molar-refractivity contribution in [1.29, 1.82) is 0 Å². The zero-order chi connectivity index (χ0) is 9.14. The molecule has 0 spiro atoms. The Hall–Kier alpha value is 0.130. The highest BCUT2D eigenvalue weighted by Crippen LogP contribution is 2.54. The zero-order valence-corrected chi connectivity index (χ0v) is 9.53. The summed E-state index contributed by atoms with van der Waals surface area (Å²) in [6.45, 7) is 3.78. The molecule has 0 aliphatic carbocycles. The molecule has 1 rings (SSSR count). The molecule has 1 aliphatic heterocycles. The van der Waals surface area contributed by atoms with Crippen molar-refractivity contribution < 1.29 is 0 Å². The fraction of sp³-hybridized carbons (Fsp3) is 0.429. The Labute approximate surface area is 84.0 Å². The summed E-state index contributed by atoms with van der Waals surface area (Å²) in [6.07, 6.45) is 2.04. The molecule has 0 aromatic carbocycles. The average molecular weight is 219 g/mol. The van der Waals surface area contributed by atoms with Gasteiger partial charge in [-0.25, -0.2) is 0 Å². The highest BCUT2D eigenvalue weighted by atomic mass is 33.1. The number of thioether (sulfide) groups is 1. The molecule has 0 amide bonds. The first-order valence-electron chi connectivity index (χ1n) is 3.34. The van der Waals surface area contributed by atoms with Gasteiger partial charge in [0, 0.05) is 4.91 Å². The Morgan fingerprint density at radius 3 is 2.58 bits per heavy atom. The third kappa shape index (κ3) is 1.89. The van der Waals surface area contributed by atoms with E-state index in [0.717, 1.165) is 4.91 Å². The molecule has 12 heavy (non-hydrogen) atoms. The Morgan fingerprint density at radius 2 is 2.17 bits per heavy atom. The van der Waals surface area contributed by atoms with Gasteiger partial charge in [0.2, 0.25) is 0 Å². The van der Waals surface area contributed by atoms with Crippen LogP contribution in [0.5, 0.6) is 0 Å². The Balaban J connectivity index is 3.01. The van der Waals surface area contributed by atoms with Gasteiger partial charge in [0.15, 0.2) is 0 Å². The van der Waals surface area contributed by atoms with Crippen molar-refractivity contribution in [2.75, 3.05) is 6.26 Å². The van der Waals surface area contributed by atoms with Gasteiger partial charge in [0.25, 0.3) is 0 Å². The van der Waals surface area contributed by atoms with E-state index in [1.165, 1.54) is 9.81 Å². The van der Waals surface area contributed by atoms with Crippen molar-refractivity contribution in [3.8, 4) is 0 Å². The molecular weight excluding hydrogens is 210 g/mol. The first-order chi connectivity index (χ1) is 5.70. The van der Waals surface area contributed by atoms with Gasteiger partial charge in [-0.2, -0.15) is 0 Å². The van der Waals surface area contributed by atoms with Crippen molar-refractivity contribution in [3.63, 3.8) is 0 Å². The van der Waals surface area contributed by atoms with Crippen LogP contribution >= 0.6 is 33.3 Å². The summed E-state index contributed by atoms with van der Waals surface area (Å²) in [5.41, 5.74) is 1.78. The molecule has 0 aromatic rings. The third-order valence-corrected chi connectivity index (χ3v) is 5.80. The quantitative estimate of drug-likeness (QED) is 0.519. The number of hydrogen-bond donors (Lipinski definition) is 0. The maximum Gasteiger partial charge on any atom is 0.0965 e. The molecule has 0 radical (unpaired) electrons. The van der Waals surface area contributed by atoms with Crippen molar-refractivity contribution in [3.05, 3.63) is 25.3 Å². The number of rotatable bonds is 2. The standard InChI is InChI=1S/C7H9NOS3/c1-4-6(5(2)8-9)11-12-7(4)10-3/h1-3H3/b6-5-. The predicted molar refractivity (Wildman–Crippen MR) is 59.9 cm³/mol. The highest BCUT2D eigenvalue weighted by molar-refractivity contribution is 8.82. The fourth-order valence-electron chi connectivity index (χ4n) is 0.857. The van der Waals surface area contributed by atoms with Crippen LogP contribution in [-0.4, -0.2) is 6.26 Å². The molecule has 0 saturated carbocycles. The minimum atomic E-state index is 0.592. The summed E-state index contributed by atoms with van der Waals surface area (Å²) in [5.74, 6) is 0. The molecule has 2 nitrogen and oxygen atoms in total. The van der Waals surface area contributed by atoms with Gasteiger partial charge < -0.3 is 0 Å². The van der Waals surface area contributed by atoms with Crippen LogP contribution in [0.4, 0.5) is 0 Å². The van der Waals surface area contributed by atoms with E-state index in [1.54, 1.807) is 40.3 Å². The normalized spacial score (nSPS) is 21.6. The van der Waals surface area contributed by atoms with Crippen LogP contribution in [0.15, 0.2) is 25.6 Å². The first kappa shape index (κ1) is 10.2. The Bertz CT molecular complexity index is 270. The first-order valence-corrected chi connectivity index (χ1v) is 6.72. The van der Waals surface area contributed by atoms with Gasteiger partial charge in [-0.3, -0.25) is 0 Å². The van der Waals surface area contributed by atoms with E-state index in [1.807, 2.05) is 13.2 Å². The second-order valence-corrected chi connectivity index (χ2v) is 5.51. The summed E-state index contributed by atoms with van der Waals surface area (Å²) >= 11 is 1.72. The van der Waals surface area contributed by atoms with Crippen LogP contribution in [0.1, 0.15) is 13.8 Å². The van der Waals surface area contributed by atoms with Gasteiger partial charge in [0.05, 0.1) is 9.93 Å². The maximum absolute atomic E-state index is 10.3. The van der Waals surface area contributed by atoms with Crippen LogP contribution in [0.25, 0.3) is 0 Å². The molecule has 0 aromatic heterocycles. The molecule has 5 heteroatoms. The molecule has 66 valence electrons. The molecule has 0 N–H and O–H groups in total. The molecule has 0 atom stereocenters. The van der Waals surface area contributed by atoms with Crippen LogP contribution in [0.3, 0.4) is 0 Å². The van der Waals surface area contributed by atoms with Gasteiger partial charge in [0.1, 0.15) is 0 Å². The summed E-state index contributed by atoms with van der Waals surface area (Å²) in [4.78, 5) is 11.3. The third-order valence-electron chi connectivity index (χ3n) is 1.50. The largest absolute Gasteiger partial charge is 0.145 e. The number of nitroso groups, excluding NO2 is 1. The minimum absolute atomic E-state index is 0.592. The lowest BCUT2D eigenvalue weighted by atomic mass is 10.3. The van der Waals surface area contributed by atoms with E-state index in [2.05, 4.69) is 5.18 Å². The topological polar surface area (TPSA) is 29.4 Å². The lowest BCUT2D eigenvalue weighted by molar-refractivity contribution is 1.26. The lowest BCUT2D eigenvalue weighted by Crippen LogP contribution is -1.79. The molecule has 1 heterocycles. The smallest absolute Gasteiger partial charge is 0.0965 e. The van der Waals surface area contributed by atoms with E-state index in [-0.39, 0.29) is 0 Å². The molecule has 0 saturated heterocycles. The molecular formula is C7H9NOS3. The Kier molecular flexibility index (Phi) is 3.74. The van der Waals surface area contributed by atoms with Crippen molar-refractivity contribution >= 4 is 33.3 Å². The van der Waals surface area contributed by atoms with Crippen LogP contribution in [0, 0.1) is 4.91 Å². The summed E-state index contributed by atoms with van der Waals surface area (Å²) in [6, 6.07) is 0. The highest BCUT2D eigenvalue weighted by Gasteiger charge is 2.19. The molecule has 0 fully saturated rings. The Morgan fingerprint density at radius 1 is 1.50 bits per heavy atom. The average Bonchev–Trinajstić information content (AvgIpc) is 2.45. The van der Waals surface area contributed by atoms with Crippen molar-refractivity contribution in [1.82, 2.24) is 0 Å². The molecule has 1 aliphatic rings. The maximum atomic E-state index is 10.3.